The number of nitrogens with zero attached hydrogens (tertiary/aromatic N) is 5. The molecule has 1 saturated carbocycles. The first-order chi connectivity index (χ1) is 12.2. The third-order valence-corrected chi connectivity index (χ3v) is 5.15. The SMILES string of the molecule is Cc1nc(C2CCOC2)cc(N(C)Cc2noc(C3CCCC3)n2)n1. The van der Waals surface area contributed by atoms with Gasteiger partial charge in [0.1, 0.15) is 11.6 Å². The number of aromatic nitrogens is 4. The first-order valence-corrected chi connectivity index (χ1v) is 9.16. The molecule has 2 fully saturated rings. The van der Waals surface area contributed by atoms with Crippen molar-refractivity contribution >= 4 is 5.82 Å². The standard InChI is InChI=1S/C18H25N5O2/c1-12-19-15(14-7-8-24-11-14)9-17(20-12)23(2)10-16-21-18(25-22-16)13-5-3-4-6-13/h9,13-14H,3-8,10-11H2,1-2H3. The fourth-order valence-corrected chi connectivity index (χ4v) is 3.71. The molecule has 1 unspecified atom stereocenters. The fraction of sp³-hybridized carbons (Fsp3) is 0.667. The molecule has 0 radical (unpaired) electrons. The lowest BCUT2D eigenvalue weighted by Gasteiger charge is -2.18. The minimum atomic E-state index is 0.369. The molecule has 0 aromatic carbocycles. The zero-order chi connectivity index (χ0) is 17.2. The highest BCUT2D eigenvalue weighted by Crippen LogP contribution is 2.33. The van der Waals surface area contributed by atoms with Crippen molar-refractivity contribution in [2.45, 2.75) is 57.4 Å². The molecule has 25 heavy (non-hydrogen) atoms. The smallest absolute Gasteiger partial charge is 0.229 e. The van der Waals surface area contributed by atoms with Gasteiger partial charge >= 0.3 is 0 Å². The van der Waals surface area contributed by atoms with Gasteiger partial charge in [0, 0.05) is 31.6 Å². The topological polar surface area (TPSA) is 77.2 Å². The largest absolute Gasteiger partial charge is 0.381 e. The lowest BCUT2D eigenvalue weighted by Crippen LogP contribution is -2.20. The van der Waals surface area contributed by atoms with Crippen molar-refractivity contribution in [3.05, 3.63) is 29.3 Å². The van der Waals surface area contributed by atoms with Crippen LogP contribution in [0.5, 0.6) is 0 Å². The van der Waals surface area contributed by atoms with E-state index in [0.29, 0.717) is 24.2 Å². The van der Waals surface area contributed by atoms with E-state index in [9.17, 15) is 0 Å². The summed E-state index contributed by atoms with van der Waals surface area (Å²) in [5, 5.41) is 4.16. The van der Waals surface area contributed by atoms with Crippen molar-refractivity contribution in [3.63, 3.8) is 0 Å². The monoisotopic (exact) mass is 343 g/mol. The molecular formula is C18H25N5O2. The first kappa shape index (κ1) is 16.4. The molecule has 7 heteroatoms. The maximum Gasteiger partial charge on any atom is 0.229 e. The summed E-state index contributed by atoms with van der Waals surface area (Å²) in [6, 6.07) is 2.06. The average Bonchev–Trinajstić information content (AvgIpc) is 3.35. The Kier molecular flexibility index (Phi) is 4.65. The zero-order valence-corrected chi connectivity index (χ0v) is 14.9. The predicted molar refractivity (Wildman–Crippen MR) is 92.6 cm³/mol. The Hall–Kier alpha value is -2.02. The highest BCUT2D eigenvalue weighted by atomic mass is 16.5. The van der Waals surface area contributed by atoms with Crippen LogP contribution in [-0.2, 0) is 11.3 Å². The molecule has 0 spiro atoms. The molecule has 1 atom stereocenters. The summed E-state index contributed by atoms with van der Waals surface area (Å²) >= 11 is 0. The van der Waals surface area contributed by atoms with Gasteiger partial charge in [-0.05, 0) is 26.2 Å². The highest BCUT2D eigenvalue weighted by Gasteiger charge is 2.24. The van der Waals surface area contributed by atoms with Crippen LogP contribution >= 0.6 is 0 Å². The lowest BCUT2D eigenvalue weighted by molar-refractivity contribution is 0.193. The second-order valence-electron chi connectivity index (χ2n) is 7.15. The number of rotatable bonds is 5. The number of aryl methyl sites for hydroxylation is 1. The van der Waals surface area contributed by atoms with E-state index in [-0.39, 0.29) is 0 Å². The molecular weight excluding hydrogens is 318 g/mol. The number of ether oxygens (including phenoxy) is 1. The summed E-state index contributed by atoms with van der Waals surface area (Å²) in [5.74, 6) is 4.00. The van der Waals surface area contributed by atoms with Crippen molar-refractivity contribution in [1.29, 1.82) is 0 Å². The van der Waals surface area contributed by atoms with Crippen molar-refractivity contribution in [2.24, 2.45) is 0 Å². The van der Waals surface area contributed by atoms with Gasteiger partial charge in [-0.15, -0.1) is 0 Å². The average molecular weight is 343 g/mol. The lowest BCUT2D eigenvalue weighted by atomic mass is 10.0. The second-order valence-corrected chi connectivity index (χ2v) is 7.15. The molecule has 2 aromatic heterocycles. The molecule has 1 aliphatic carbocycles. The third-order valence-electron chi connectivity index (χ3n) is 5.15. The van der Waals surface area contributed by atoms with E-state index in [1.165, 1.54) is 12.8 Å². The van der Waals surface area contributed by atoms with Crippen LogP contribution in [0.2, 0.25) is 0 Å². The Morgan fingerprint density at radius 3 is 2.72 bits per heavy atom. The molecule has 3 heterocycles. The molecule has 2 aromatic rings. The summed E-state index contributed by atoms with van der Waals surface area (Å²) in [7, 11) is 2.00. The van der Waals surface area contributed by atoms with E-state index in [1.807, 2.05) is 14.0 Å². The summed E-state index contributed by atoms with van der Waals surface area (Å²) in [5.41, 5.74) is 1.06. The molecule has 1 saturated heterocycles. The summed E-state index contributed by atoms with van der Waals surface area (Å²) < 4.78 is 11.0. The fourth-order valence-electron chi connectivity index (χ4n) is 3.71. The normalized spacial score (nSPS) is 21.1. The van der Waals surface area contributed by atoms with Crippen LogP contribution in [0.1, 0.15) is 67.2 Å². The molecule has 134 valence electrons. The molecule has 7 nitrogen and oxygen atoms in total. The van der Waals surface area contributed by atoms with E-state index in [2.05, 4.69) is 31.1 Å². The van der Waals surface area contributed by atoms with Crippen LogP contribution in [0, 0.1) is 6.92 Å². The van der Waals surface area contributed by atoms with Crippen LogP contribution in [-0.4, -0.2) is 40.4 Å². The van der Waals surface area contributed by atoms with E-state index in [4.69, 9.17) is 9.26 Å². The van der Waals surface area contributed by atoms with Gasteiger partial charge in [0.25, 0.3) is 0 Å². The first-order valence-electron chi connectivity index (χ1n) is 9.16. The molecule has 0 amide bonds. The summed E-state index contributed by atoms with van der Waals surface area (Å²) in [6.07, 6.45) is 5.87. The van der Waals surface area contributed by atoms with Gasteiger partial charge in [0.05, 0.1) is 18.8 Å². The minimum Gasteiger partial charge on any atom is -0.381 e. The molecule has 2 aliphatic rings. The van der Waals surface area contributed by atoms with Gasteiger partial charge in [-0.2, -0.15) is 4.98 Å². The summed E-state index contributed by atoms with van der Waals surface area (Å²) in [4.78, 5) is 15.8. The number of hydrogen-bond donors (Lipinski definition) is 0. The van der Waals surface area contributed by atoms with Gasteiger partial charge in [0.2, 0.25) is 5.89 Å². The third kappa shape index (κ3) is 3.66. The van der Waals surface area contributed by atoms with Gasteiger partial charge in [-0.3, -0.25) is 0 Å². The Morgan fingerprint density at radius 2 is 1.96 bits per heavy atom. The Labute approximate surface area is 147 Å². The maximum atomic E-state index is 5.49. The zero-order valence-electron chi connectivity index (χ0n) is 14.9. The van der Waals surface area contributed by atoms with Gasteiger partial charge in [0.15, 0.2) is 5.82 Å². The molecule has 1 aliphatic heterocycles. The second kappa shape index (κ2) is 7.07. The van der Waals surface area contributed by atoms with E-state index >= 15 is 0 Å². The quantitative estimate of drug-likeness (QED) is 0.826. The number of anilines is 1. The van der Waals surface area contributed by atoms with Crippen molar-refractivity contribution < 1.29 is 9.26 Å². The van der Waals surface area contributed by atoms with Crippen molar-refractivity contribution in [1.82, 2.24) is 20.1 Å². The van der Waals surface area contributed by atoms with Crippen LogP contribution in [0.3, 0.4) is 0 Å². The van der Waals surface area contributed by atoms with Crippen LogP contribution in [0.25, 0.3) is 0 Å². The molecule has 0 bridgehead atoms. The predicted octanol–water partition coefficient (Wildman–Crippen LogP) is 2.97. The van der Waals surface area contributed by atoms with Gasteiger partial charge < -0.3 is 14.2 Å². The van der Waals surface area contributed by atoms with Crippen molar-refractivity contribution in [3.8, 4) is 0 Å². The Bertz CT molecular complexity index is 720. The minimum absolute atomic E-state index is 0.369. The van der Waals surface area contributed by atoms with E-state index in [1.54, 1.807) is 0 Å². The van der Waals surface area contributed by atoms with Gasteiger partial charge in [-0.1, -0.05) is 18.0 Å². The van der Waals surface area contributed by atoms with Crippen LogP contribution in [0.4, 0.5) is 5.82 Å². The maximum absolute atomic E-state index is 5.49. The van der Waals surface area contributed by atoms with Crippen LogP contribution < -0.4 is 4.90 Å². The van der Waals surface area contributed by atoms with Gasteiger partial charge in [-0.25, -0.2) is 9.97 Å². The molecule has 0 N–H and O–H groups in total. The van der Waals surface area contributed by atoms with Crippen molar-refractivity contribution in [2.75, 3.05) is 25.2 Å². The Balaban J connectivity index is 1.47. The van der Waals surface area contributed by atoms with E-state index in [0.717, 1.165) is 55.7 Å². The van der Waals surface area contributed by atoms with Crippen LogP contribution in [0.15, 0.2) is 10.6 Å². The summed E-state index contributed by atoms with van der Waals surface area (Å²) in [6.45, 7) is 4.07. The highest BCUT2D eigenvalue weighted by molar-refractivity contribution is 5.40. The Morgan fingerprint density at radius 1 is 1.12 bits per heavy atom. The molecule has 4 rings (SSSR count). The van der Waals surface area contributed by atoms with E-state index < -0.39 is 0 Å². The number of hydrogen-bond acceptors (Lipinski definition) is 7.